The number of hydrogen-bond donors (Lipinski definition) is 3. The highest BCUT2D eigenvalue weighted by atomic mass is 16.3. The fourth-order valence-electron chi connectivity index (χ4n) is 2.39. The highest BCUT2D eigenvalue weighted by Crippen LogP contribution is 2.42. The van der Waals surface area contributed by atoms with Gasteiger partial charge >= 0.3 is 0 Å². The lowest BCUT2D eigenvalue weighted by molar-refractivity contribution is -0.114. The summed E-state index contributed by atoms with van der Waals surface area (Å²) in [5.41, 5.74) is 2.82. The molecule has 4 nitrogen and oxygen atoms in total. The monoisotopic (exact) mass is 262 g/mol. The largest absolute Gasteiger partial charge is 0.392 e. The number of aliphatic hydroxyl groups excluding tert-OH is 1. The topological polar surface area (TPSA) is 61.4 Å². The molecular formula is C15H22N2O2. The predicted octanol–water partition coefficient (Wildman–Crippen LogP) is 2.52. The van der Waals surface area contributed by atoms with Crippen molar-refractivity contribution in [3.05, 3.63) is 23.8 Å². The maximum Gasteiger partial charge on any atom is 0.221 e. The van der Waals surface area contributed by atoms with E-state index < -0.39 is 0 Å². The number of nitrogens with one attached hydrogen (secondary N) is 2. The number of benzene rings is 1. The van der Waals surface area contributed by atoms with Gasteiger partial charge in [0, 0.05) is 29.8 Å². The van der Waals surface area contributed by atoms with Gasteiger partial charge in [0.15, 0.2) is 0 Å². The summed E-state index contributed by atoms with van der Waals surface area (Å²) >= 11 is 0. The van der Waals surface area contributed by atoms with Crippen LogP contribution in [0.5, 0.6) is 0 Å². The first kappa shape index (κ1) is 13.9. The molecule has 0 radical (unpaired) electrons. The van der Waals surface area contributed by atoms with Crippen molar-refractivity contribution in [3.63, 3.8) is 0 Å². The second-order valence-corrected chi connectivity index (χ2v) is 5.98. The Morgan fingerprint density at radius 1 is 1.42 bits per heavy atom. The lowest BCUT2D eigenvalue weighted by Gasteiger charge is -2.50. The summed E-state index contributed by atoms with van der Waals surface area (Å²) < 4.78 is 0. The van der Waals surface area contributed by atoms with Gasteiger partial charge in [0.2, 0.25) is 5.91 Å². The number of carbonyl (C=O) groups excluding carboxylic acids is 1. The summed E-state index contributed by atoms with van der Waals surface area (Å²) in [5.74, 6) is -0.0748. The molecule has 2 atom stereocenters. The van der Waals surface area contributed by atoms with Crippen molar-refractivity contribution in [1.29, 1.82) is 0 Å². The third kappa shape index (κ3) is 2.73. The van der Waals surface area contributed by atoms with Crippen molar-refractivity contribution in [3.8, 4) is 0 Å². The van der Waals surface area contributed by atoms with E-state index in [1.165, 1.54) is 6.92 Å². The third-order valence-electron chi connectivity index (χ3n) is 4.10. The van der Waals surface area contributed by atoms with E-state index in [4.69, 9.17) is 0 Å². The summed E-state index contributed by atoms with van der Waals surface area (Å²) in [4.78, 5) is 11.1. The molecule has 0 spiro atoms. The minimum absolute atomic E-state index is 0.0748. The molecule has 1 fully saturated rings. The minimum atomic E-state index is -0.246. The third-order valence-corrected chi connectivity index (χ3v) is 4.10. The number of aryl methyl sites for hydroxylation is 1. The molecule has 1 aliphatic carbocycles. The van der Waals surface area contributed by atoms with Crippen LogP contribution in [0.1, 0.15) is 32.8 Å². The van der Waals surface area contributed by atoms with Crippen LogP contribution in [0.4, 0.5) is 11.4 Å². The van der Waals surface area contributed by atoms with Crippen molar-refractivity contribution in [2.75, 3.05) is 10.6 Å². The van der Waals surface area contributed by atoms with Crippen LogP contribution in [0, 0.1) is 12.3 Å². The first-order chi connectivity index (χ1) is 8.80. The fourth-order valence-corrected chi connectivity index (χ4v) is 2.39. The van der Waals surface area contributed by atoms with Gasteiger partial charge in [-0.3, -0.25) is 4.79 Å². The van der Waals surface area contributed by atoms with Gasteiger partial charge < -0.3 is 15.7 Å². The smallest absolute Gasteiger partial charge is 0.221 e. The van der Waals surface area contributed by atoms with Crippen molar-refractivity contribution in [2.45, 2.75) is 46.3 Å². The molecule has 0 aliphatic heterocycles. The van der Waals surface area contributed by atoms with Gasteiger partial charge in [-0.15, -0.1) is 0 Å². The van der Waals surface area contributed by atoms with Gasteiger partial charge in [-0.25, -0.2) is 0 Å². The predicted molar refractivity (Wildman–Crippen MR) is 77.3 cm³/mol. The summed E-state index contributed by atoms with van der Waals surface area (Å²) in [6.07, 6.45) is 0.514. The van der Waals surface area contributed by atoms with E-state index in [9.17, 15) is 9.90 Å². The van der Waals surface area contributed by atoms with E-state index in [2.05, 4.69) is 24.5 Å². The fraction of sp³-hybridized carbons (Fsp3) is 0.533. The molecule has 19 heavy (non-hydrogen) atoms. The van der Waals surface area contributed by atoms with Gasteiger partial charge in [0.05, 0.1) is 6.10 Å². The molecular weight excluding hydrogens is 240 g/mol. The van der Waals surface area contributed by atoms with E-state index >= 15 is 0 Å². The summed E-state index contributed by atoms with van der Waals surface area (Å²) in [6.45, 7) is 7.65. The SMILES string of the molecule is CC(=O)Nc1ccc(C)c(NC2CC(O)C2(C)C)c1. The van der Waals surface area contributed by atoms with E-state index in [0.29, 0.717) is 0 Å². The van der Waals surface area contributed by atoms with Crippen LogP contribution in [0.25, 0.3) is 0 Å². The minimum Gasteiger partial charge on any atom is -0.392 e. The molecule has 0 saturated heterocycles. The first-order valence-corrected chi connectivity index (χ1v) is 6.63. The van der Waals surface area contributed by atoms with Gasteiger partial charge in [-0.2, -0.15) is 0 Å². The Morgan fingerprint density at radius 3 is 2.63 bits per heavy atom. The van der Waals surface area contributed by atoms with E-state index in [-0.39, 0.29) is 23.5 Å². The van der Waals surface area contributed by atoms with Gasteiger partial charge in [0.25, 0.3) is 0 Å². The molecule has 1 aliphatic rings. The number of hydrogen-bond acceptors (Lipinski definition) is 3. The van der Waals surface area contributed by atoms with Crippen molar-refractivity contribution < 1.29 is 9.90 Å². The van der Waals surface area contributed by atoms with Crippen LogP contribution < -0.4 is 10.6 Å². The van der Waals surface area contributed by atoms with Crippen molar-refractivity contribution in [1.82, 2.24) is 0 Å². The number of aliphatic hydroxyl groups is 1. The van der Waals surface area contributed by atoms with Crippen LogP contribution in [0.2, 0.25) is 0 Å². The first-order valence-electron chi connectivity index (χ1n) is 6.63. The molecule has 0 aromatic heterocycles. The number of anilines is 2. The van der Waals surface area contributed by atoms with E-state index in [1.807, 2.05) is 25.1 Å². The van der Waals surface area contributed by atoms with Gasteiger partial charge in [-0.05, 0) is 31.0 Å². The molecule has 104 valence electrons. The Kier molecular flexibility index (Phi) is 3.54. The molecule has 4 heteroatoms. The number of rotatable bonds is 3. The molecule has 1 aromatic carbocycles. The molecule has 2 rings (SSSR count). The molecule has 1 saturated carbocycles. The van der Waals surface area contributed by atoms with Crippen LogP contribution in [0.15, 0.2) is 18.2 Å². The summed E-state index contributed by atoms with van der Waals surface area (Å²) in [5, 5.41) is 16.0. The van der Waals surface area contributed by atoms with Gasteiger partial charge in [-0.1, -0.05) is 19.9 Å². The normalized spacial score (nSPS) is 24.5. The Balaban J connectivity index is 2.14. The van der Waals surface area contributed by atoms with Crippen LogP contribution in [-0.2, 0) is 4.79 Å². The Labute approximate surface area is 114 Å². The molecule has 3 N–H and O–H groups in total. The second-order valence-electron chi connectivity index (χ2n) is 5.98. The summed E-state index contributed by atoms with van der Waals surface area (Å²) in [7, 11) is 0. The van der Waals surface area contributed by atoms with Crippen molar-refractivity contribution >= 4 is 17.3 Å². The van der Waals surface area contributed by atoms with Crippen molar-refractivity contribution in [2.24, 2.45) is 5.41 Å². The molecule has 2 unspecified atom stereocenters. The summed E-state index contributed by atoms with van der Waals surface area (Å²) in [6, 6.07) is 6.07. The molecule has 1 amide bonds. The van der Waals surface area contributed by atoms with Crippen LogP contribution in [0.3, 0.4) is 0 Å². The number of amides is 1. The highest BCUT2D eigenvalue weighted by Gasteiger charge is 2.47. The average Bonchev–Trinajstić information content (AvgIpc) is 2.32. The standard InChI is InChI=1S/C15H22N2O2/c1-9-5-6-11(16-10(2)18)7-12(9)17-13-8-14(19)15(13,3)4/h5-7,13-14,17,19H,8H2,1-4H3,(H,16,18). The van der Waals surface area contributed by atoms with Crippen LogP contribution in [-0.4, -0.2) is 23.2 Å². The Morgan fingerprint density at radius 2 is 2.11 bits per heavy atom. The van der Waals surface area contributed by atoms with E-state index in [1.54, 1.807) is 0 Å². The zero-order chi connectivity index (χ0) is 14.2. The molecule has 1 aromatic rings. The zero-order valence-electron chi connectivity index (χ0n) is 11.9. The Hall–Kier alpha value is -1.55. The average molecular weight is 262 g/mol. The molecule has 0 heterocycles. The second kappa shape index (κ2) is 4.85. The Bertz CT molecular complexity index is 497. The lowest BCUT2D eigenvalue weighted by Crippen LogP contribution is -2.56. The zero-order valence-corrected chi connectivity index (χ0v) is 11.9. The lowest BCUT2D eigenvalue weighted by atomic mass is 9.64. The highest BCUT2D eigenvalue weighted by molar-refractivity contribution is 5.89. The quantitative estimate of drug-likeness (QED) is 0.784. The van der Waals surface area contributed by atoms with E-state index in [0.717, 1.165) is 23.4 Å². The van der Waals surface area contributed by atoms with Gasteiger partial charge in [0.1, 0.15) is 0 Å². The maximum atomic E-state index is 11.1. The number of carbonyl (C=O) groups is 1. The maximum absolute atomic E-state index is 11.1. The molecule has 0 bridgehead atoms. The van der Waals surface area contributed by atoms with Crippen LogP contribution >= 0.6 is 0 Å².